The molecule has 1 aromatic rings. The van der Waals surface area contributed by atoms with Gasteiger partial charge in [-0.15, -0.1) is 0 Å². The van der Waals surface area contributed by atoms with Crippen LogP contribution >= 0.6 is 0 Å². The second kappa shape index (κ2) is 7.17. The molecule has 3 nitrogen and oxygen atoms in total. The first-order valence-corrected chi connectivity index (χ1v) is 6.80. The van der Waals surface area contributed by atoms with Gasteiger partial charge in [0, 0.05) is 6.42 Å². The highest BCUT2D eigenvalue weighted by Crippen LogP contribution is 2.24. The predicted molar refractivity (Wildman–Crippen MR) is 76.8 cm³/mol. The Bertz CT molecular complexity index is 438. The van der Waals surface area contributed by atoms with Crippen molar-refractivity contribution >= 4 is 5.97 Å². The largest absolute Gasteiger partial charge is 0.496 e. The van der Waals surface area contributed by atoms with E-state index in [1.54, 1.807) is 7.11 Å². The molecule has 0 amide bonds. The number of carboxylic acids is 1. The second-order valence-electron chi connectivity index (χ2n) is 5.34. The van der Waals surface area contributed by atoms with Gasteiger partial charge in [0.2, 0.25) is 0 Å². The standard InChI is InChI=1S/C16H24O3/c1-11(8-16(17)18)6-5-7-14-10-15(19-4)13(3)9-12(14)2/h9-11H,5-8H2,1-4H3,(H,17,18). The molecule has 0 aromatic heterocycles. The lowest BCUT2D eigenvalue weighted by molar-refractivity contribution is -0.138. The molecule has 0 aliphatic heterocycles. The Morgan fingerprint density at radius 3 is 2.58 bits per heavy atom. The molecule has 0 radical (unpaired) electrons. The Morgan fingerprint density at radius 2 is 2.00 bits per heavy atom. The lowest BCUT2D eigenvalue weighted by atomic mass is 9.95. The summed E-state index contributed by atoms with van der Waals surface area (Å²) in [6.45, 7) is 6.16. The fourth-order valence-electron chi connectivity index (χ4n) is 2.40. The first-order chi connectivity index (χ1) is 8.93. The SMILES string of the molecule is COc1cc(CCCC(C)CC(=O)O)c(C)cc1C. The Hall–Kier alpha value is -1.51. The molecule has 106 valence electrons. The number of carbonyl (C=O) groups is 1. The number of carboxylic acid groups (broad SMARTS) is 1. The van der Waals surface area contributed by atoms with Crippen LogP contribution in [0.3, 0.4) is 0 Å². The van der Waals surface area contributed by atoms with Crippen molar-refractivity contribution in [2.24, 2.45) is 5.92 Å². The molecular weight excluding hydrogens is 240 g/mol. The first-order valence-electron chi connectivity index (χ1n) is 6.80. The quantitative estimate of drug-likeness (QED) is 0.816. The second-order valence-corrected chi connectivity index (χ2v) is 5.34. The minimum atomic E-state index is -0.708. The van der Waals surface area contributed by atoms with E-state index in [4.69, 9.17) is 9.84 Å². The van der Waals surface area contributed by atoms with Gasteiger partial charge in [-0.2, -0.15) is 0 Å². The Balaban J connectivity index is 2.56. The number of hydrogen-bond acceptors (Lipinski definition) is 2. The van der Waals surface area contributed by atoms with Crippen LogP contribution in [0, 0.1) is 19.8 Å². The van der Waals surface area contributed by atoms with Crippen molar-refractivity contribution in [3.05, 3.63) is 28.8 Å². The zero-order chi connectivity index (χ0) is 14.4. The third-order valence-electron chi connectivity index (χ3n) is 3.52. The summed E-state index contributed by atoms with van der Waals surface area (Å²) in [6.07, 6.45) is 3.20. The fourth-order valence-corrected chi connectivity index (χ4v) is 2.40. The van der Waals surface area contributed by atoms with Crippen LogP contribution in [-0.4, -0.2) is 18.2 Å². The Morgan fingerprint density at radius 1 is 1.32 bits per heavy atom. The number of aryl methyl sites for hydroxylation is 3. The molecule has 3 heteroatoms. The highest BCUT2D eigenvalue weighted by molar-refractivity contribution is 5.66. The summed E-state index contributed by atoms with van der Waals surface area (Å²) in [5.41, 5.74) is 3.73. The van der Waals surface area contributed by atoms with Crippen LogP contribution < -0.4 is 4.74 Å². The van der Waals surface area contributed by atoms with E-state index in [9.17, 15) is 4.79 Å². The van der Waals surface area contributed by atoms with Gasteiger partial charge in [0.15, 0.2) is 0 Å². The van der Waals surface area contributed by atoms with E-state index in [-0.39, 0.29) is 12.3 Å². The third kappa shape index (κ3) is 4.93. The van der Waals surface area contributed by atoms with Crippen LogP contribution in [0.5, 0.6) is 5.75 Å². The van der Waals surface area contributed by atoms with Crippen molar-refractivity contribution in [2.45, 2.75) is 46.5 Å². The van der Waals surface area contributed by atoms with Gasteiger partial charge < -0.3 is 9.84 Å². The minimum absolute atomic E-state index is 0.241. The zero-order valence-corrected chi connectivity index (χ0v) is 12.3. The average Bonchev–Trinajstić information content (AvgIpc) is 2.31. The smallest absolute Gasteiger partial charge is 0.303 e. The summed E-state index contributed by atoms with van der Waals surface area (Å²) >= 11 is 0. The molecule has 1 aromatic carbocycles. The number of benzene rings is 1. The zero-order valence-electron chi connectivity index (χ0n) is 12.3. The van der Waals surface area contributed by atoms with Crippen LogP contribution in [0.25, 0.3) is 0 Å². The summed E-state index contributed by atoms with van der Waals surface area (Å²) in [7, 11) is 1.69. The lowest BCUT2D eigenvalue weighted by Gasteiger charge is -2.12. The van der Waals surface area contributed by atoms with Crippen molar-refractivity contribution in [1.29, 1.82) is 0 Å². The third-order valence-corrected chi connectivity index (χ3v) is 3.52. The molecule has 1 unspecified atom stereocenters. The molecule has 0 aliphatic rings. The molecule has 0 heterocycles. The van der Waals surface area contributed by atoms with Crippen LogP contribution in [-0.2, 0) is 11.2 Å². The average molecular weight is 264 g/mol. The molecule has 1 N–H and O–H groups in total. The van der Waals surface area contributed by atoms with Gasteiger partial charge in [-0.25, -0.2) is 0 Å². The first kappa shape index (κ1) is 15.5. The van der Waals surface area contributed by atoms with Gasteiger partial charge in [0.1, 0.15) is 5.75 Å². The minimum Gasteiger partial charge on any atom is -0.496 e. The van der Waals surface area contributed by atoms with Crippen molar-refractivity contribution in [3.63, 3.8) is 0 Å². The van der Waals surface area contributed by atoms with E-state index in [0.29, 0.717) is 0 Å². The maximum atomic E-state index is 10.6. The Labute approximate surface area is 115 Å². The molecule has 0 spiro atoms. The highest BCUT2D eigenvalue weighted by atomic mass is 16.5. The van der Waals surface area contributed by atoms with E-state index in [2.05, 4.69) is 19.1 Å². The van der Waals surface area contributed by atoms with Gasteiger partial charge in [0.25, 0.3) is 0 Å². The molecule has 0 saturated carbocycles. The van der Waals surface area contributed by atoms with Gasteiger partial charge in [-0.1, -0.05) is 13.0 Å². The van der Waals surface area contributed by atoms with E-state index in [0.717, 1.165) is 30.6 Å². The van der Waals surface area contributed by atoms with E-state index >= 15 is 0 Å². The molecule has 0 saturated heterocycles. The summed E-state index contributed by atoms with van der Waals surface area (Å²) < 4.78 is 5.34. The highest BCUT2D eigenvalue weighted by Gasteiger charge is 2.09. The number of methoxy groups -OCH3 is 1. The summed E-state index contributed by atoms with van der Waals surface area (Å²) in [5, 5.41) is 8.73. The van der Waals surface area contributed by atoms with Crippen molar-refractivity contribution in [1.82, 2.24) is 0 Å². The van der Waals surface area contributed by atoms with E-state index in [1.807, 2.05) is 13.8 Å². The van der Waals surface area contributed by atoms with Crippen LogP contribution in [0.1, 0.15) is 42.9 Å². The van der Waals surface area contributed by atoms with Crippen LogP contribution in [0.4, 0.5) is 0 Å². The van der Waals surface area contributed by atoms with E-state index < -0.39 is 5.97 Å². The number of rotatable bonds is 7. The van der Waals surface area contributed by atoms with E-state index in [1.165, 1.54) is 11.1 Å². The monoisotopic (exact) mass is 264 g/mol. The van der Waals surface area contributed by atoms with Gasteiger partial charge in [0.05, 0.1) is 7.11 Å². The predicted octanol–water partition coefficient (Wildman–Crippen LogP) is 3.75. The van der Waals surface area contributed by atoms with Crippen molar-refractivity contribution in [2.75, 3.05) is 7.11 Å². The fraction of sp³-hybridized carbons (Fsp3) is 0.562. The molecule has 19 heavy (non-hydrogen) atoms. The number of hydrogen-bond donors (Lipinski definition) is 1. The number of ether oxygens (including phenoxy) is 1. The van der Waals surface area contributed by atoms with Crippen LogP contribution in [0.15, 0.2) is 12.1 Å². The number of aliphatic carboxylic acids is 1. The maximum Gasteiger partial charge on any atom is 0.303 e. The normalized spacial score (nSPS) is 12.2. The van der Waals surface area contributed by atoms with Gasteiger partial charge in [-0.05, 0) is 61.8 Å². The summed E-state index contributed by atoms with van der Waals surface area (Å²) in [5.74, 6) is 0.463. The maximum absolute atomic E-state index is 10.6. The Kier molecular flexibility index (Phi) is 5.87. The topological polar surface area (TPSA) is 46.5 Å². The lowest BCUT2D eigenvalue weighted by Crippen LogP contribution is -2.04. The summed E-state index contributed by atoms with van der Waals surface area (Å²) in [4.78, 5) is 10.6. The molecular formula is C16H24O3. The molecule has 1 rings (SSSR count). The summed E-state index contributed by atoms with van der Waals surface area (Å²) in [6, 6.07) is 4.25. The molecule has 0 fully saturated rings. The van der Waals surface area contributed by atoms with Gasteiger partial charge in [-0.3, -0.25) is 4.79 Å². The molecule has 0 bridgehead atoms. The van der Waals surface area contributed by atoms with Crippen LogP contribution in [0.2, 0.25) is 0 Å². The molecule has 1 atom stereocenters. The van der Waals surface area contributed by atoms with Crippen molar-refractivity contribution < 1.29 is 14.6 Å². The van der Waals surface area contributed by atoms with Gasteiger partial charge >= 0.3 is 5.97 Å². The van der Waals surface area contributed by atoms with Crippen molar-refractivity contribution in [3.8, 4) is 5.75 Å². The molecule has 0 aliphatic carbocycles.